The first-order valence-electron chi connectivity index (χ1n) is 8.81. The van der Waals surface area contributed by atoms with E-state index < -0.39 is 10.0 Å². The highest BCUT2D eigenvalue weighted by atomic mass is 32.2. The molecule has 128 valence electrons. The number of piperidine rings is 2. The number of nitrogens with zero attached hydrogens (tertiary/aromatic N) is 2. The Morgan fingerprint density at radius 1 is 1.04 bits per heavy atom. The van der Waals surface area contributed by atoms with Gasteiger partial charge >= 0.3 is 0 Å². The molecule has 0 N–H and O–H groups in total. The minimum Gasteiger partial charge on any atom is -0.298 e. The van der Waals surface area contributed by atoms with Crippen molar-refractivity contribution in [3.05, 3.63) is 35.9 Å². The molecule has 0 saturated carbocycles. The molecule has 2 heterocycles. The lowest BCUT2D eigenvalue weighted by Gasteiger charge is -2.45. The lowest BCUT2D eigenvalue weighted by atomic mass is 9.85. The van der Waals surface area contributed by atoms with E-state index in [1.807, 2.05) is 13.0 Å². The zero-order chi connectivity index (χ0) is 16.3. The third-order valence-electron chi connectivity index (χ3n) is 5.02. The monoisotopic (exact) mass is 336 g/mol. The third kappa shape index (κ3) is 4.34. The maximum absolute atomic E-state index is 12.5. The zero-order valence-electron chi connectivity index (χ0n) is 14.0. The zero-order valence-corrected chi connectivity index (χ0v) is 14.8. The highest BCUT2D eigenvalue weighted by Gasteiger charge is 2.38. The molecule has 0 radical (unpaired) electrons. The van der Waals surface area contributed by atoms with Crippen LogP contribution >= 0.6 is 0 Å². The van der Waals surface area contributed by atoms with Crippen LogP contribution in [-0.4, -0.2) is 49.6 Å². The lowest BCUT2D eigenvalue weighted by molar-refractivity contribution is 0.0601. The molecule has 5 heteroatoms. The Labute approximate surface area is 140 Å². The van der Waals surface area contributed by atoms with Crippen LogP contribution in [0.4, 0.5) is 0 Å². The van der Waals surface area contributed by atoms with E-state index in [9.17, 15) is 8.42 Å². The molecule has 3 rings (SSSR count). The summed E-state index contributed by atoms with van der Waals surface area (Å²) in [6.45, 7) is 6.50. The second-order valence-electron chi connectivity index (χ2n) is 7.13. The number of hydrogen-bond acceptors (Lipinski definition) is 3. The maximum atomic E-state index is 12.5. The van der Waals surface area contributed by atoms with Crippen molar-refractivity contribution < 1.29 is 8.42 Å². The summed E-state index contributed by atoms with van der Waals surface area (Å²) in [4.78, 5) is 2.50. The molecule has 1 aromatic carbocycles. The third-order valence-corrected chi connectivity index (χ3v) is 6.91. The minimum atomic E-state index is -3.05. The number of unbranched alkanes of at least 4 members (excludes halogenated alkanes) is 1. The molecule has 1 aromatic rings. The van der Waals surface area contributed by atoms with Crippen LogP contribution in [0.2, 0.25) is 0 Å². The topological polar surface area (TPSA) is 40.6 Å². The number of fused-ring (bicyclic) bond motifs is 2. The summed E-state index contributed by atoms with van der Waals surface area (Å²) in [6.07, 6.45) is 2.89. The smallest absolute Gasteiger partial charge is 0.214 e. The van der Waals surface area contributed by atoms with Gasteiger partial charge in [0, 0.05) is 32.7 Å². The Bertz CT molecular complexity index is 589. The van der Waals surface area contributed by atoms with Gasteiger partial charge in [-0.2, -0.15) is 0 Å². The summed E-state index contributed by atoms with van der Waals surface area (Å²) in [6, 6.07) is 10.6. The first-order valence-corrected chi connectivity index (χ1v) is 10.4. The van der Waals surface area contributed by atoms with Gasteiger partial charge in [0.15, 0.2) is 0 Å². The van der Waals surface area contributed by atoms with Crippen LogP contribution in [0.1, 0.15) is 31.7 Å². The van der Waals surface area contributed by atoms with Crippen LogP contribution in [0.25, 0.3) is 0 Å². The standard InChI is InChI=1S/C18H28N2O2S/c1-2-3-9-23(21,22)20-14-17-10-18(15-20)13-19(12-17)11-16-7-5-4-6-8-16/h4-8,17-18H,2-3,9-15H2,1H3. The van der Waals surface area contributed by atoms with Crippen molar-refractivity contribution in [2.24, 2.45) is 11.8 Å². The first kappa shape index (κ1) is 16.9. The average molecular weight is 337 g/mol. The van der Waals surface area contributed by atoms with Gasteiger partial charge in [0.2, 0.25) is 10.0 Å². The molecule has 0 aromatic heterocycles. The fourth-order valence-electron chi connectivity index (χ4n) is 3.99. The molecule has 23 heavy (non-hydrogen) atoms. The van der Waals surface area contributed by atoms with E-state index in [2.05, 4.69) is 29.2 Å². The molecule has 2 unspecified atom stereocenters. The minimum absolute atomic E-state index is 0.316. The van der Waals surface area contributed by atoms with Crippen molar-refractivity contribution in [1.29, 1.82) is 0 Å². The maximum Gasteiger partial charge on any atom is 0.214 e. The SMILES string of the molecule is CCCCS(=O)(=O)N1CC2CC(CN(Cc3ccccc3)C2)C1. The molecular weight excluding hydrogens is 308 g/mol. The van der Waals surface area contributed by atoms with Crippen LogP contribution in [0, 0.1) is 11.8 Å². The molecule has 2 aliphatic heterocycles. The van der Waals surface area contributed by atoms with Crippen molar-refractivity contribution in [3.8, 4) is 0 Å². The van der Waals surface area contributed by atoms with Crippen LogP contribution in [0.5, 0.6) is 0 Å². The Kier molecular flexibility index (Phi) is 5.39. The Morgan fingerprint density at radius 3 is 2.30 bits per heavy atom. The average Bonchev–Trinajstić information content (AvgIpc) is 2.53. The van der Waals surface area contributed by atoms with Crippen LogP contribution < -0.4 is 0 Å². The summed E-state index contributed by atoms with van der Waals surface area (Å²) in [7, 11) is -3.05. The lowest BCUT2D eigenvalue weighted by Crippen LogP contribution is -2.54. The summed E-state index contributed by atoms with van der Waals surface area (Å²) in [5.74, 6) is 1.29. The van der Waals surface area contributed by atoms with E-state index >= 15 is 0 Å². The highest BCUT2D eigenvalue weighted by molar-refractivity contribution is 7.89. The number of likely N-dealkylation sites (tertiary alicyclic amines) is 1. The van der Waals surface area contributed by atoms with Gasteiger partial charge in [-0.15, -0.1) is 0 Å². The molecule has 4 nitrogen and oxygen atoms in total. The van der Waals surface area contributed by atoms with Gasteiger partial charge in [0.1, 0.15) is 0 Å². The second-order valence-corrected chi connectivity index (χ2v) is 9.22. The number of benzene rings is 1. The number of rotatable bonds is 6. The molecular formula is C18H28N2O2S. The first-order chi connectivity index (χ1) is 11.1. The van der Waals surface area contributed by atoms with Gasteiger partial charge < -0.3 is 0 Å². The Hall–Kier alpha value is -0.910. The van der Waals surface area contributed by atoms with Crippen LogP contribution in [0.15, 0.2) is 30.3 Å². The molecule has 0 aliphatic carbocycles. The molecule has 2 aliphatic rings. The molecule has 0 amide bonds. The van der Waals surface area contributed by atoms with Gasteiger partial charge in [0.05, 0.1) is 5.75 Å². The number of hydrogen-bond donors (Lipinski definition) is 0. The van der Waals surface area contributed by atoms with Crippen molar-refractivity contribution in [2.75, 3.05) is 31.9 Å². The molecule has 2 fully saturated rings. The molecule has 2 atom stereocenters. The molecule has 0 spiro atoms. The summed E-state index contributed by atoms with van der Waals surface area (Å²) < 4.78 is 26.7. The predicted octanol–water partition coefficient (Wildman–Crippen LogP) is 2.57. The summed E-state index contributed by atoms with van der Waals surface area (Å²) in [5.41, 5.74) is 1.35. The van der Waals surface area contributed by atoms with Crippen LogP contribution in [-0.2, 0) is 16.6 Å². The van der Waals surface area contributed by atoms with E-state index in [0.717, 1.165) is 32.5 Å². The predicted molar refractivity (Wildman–Crippen MR) is 93.6 cm³/mol. The van der Waals surface area contributed by atoms with Gasteiger partial charge in [-0.3, -0.25) is 4.90 Å². The van der Waals surface area contributed by atoms with Crippen LogP contribution in [0.3, 0.4) is 0 Å². The summed E-state index contributed by atoms with van der Waals surface area (Å²) in [5, 5.41) is 0. The second kappa shape index (κ2) is 7.32. The number of sulfonamides is 1. The van der Waals surface area contributed by atoms with E-state index in [0.29, 0.717) is 30.7 Å². The largest absolute Gasteiger partial charge is 0.298 e. The Balaban J connectivity index is 1.60. The van der Waals surface area contributed by atoms with Crippen molar-refractivity contribution in [3.63, 3.8) is 0 Å². The van der Waals surface area contributed by atoms with E-state index in [4.69, 9.17) is 0 Å². The van der Waals surface area contributed by atoms with Gasteiger partial charge in [0.25, 0.3) is 0 Å². The highest BCUT2D eigenvalue weighted by Crippen LogP contribution is 2.31. The van der Waals surface area contributed by atoms with Crippen molar-refractivity contribution in [1.82, 2.24) is 9.21 Å². The van der Waals surface area contributed by atoms with Gasteiger partial charge in [-0.1, -0.05) is 43.7 Å². The quantitative estimate of drug-likeness (QED) is 0.802. The van der Waals surface area contributed by atoms with Crippen molar-refractivity contribution in [2.45, 2.75) is 32.7 Å². The normalized spacial score (nSPS) is 26.3. The fraction of sp³-hybridized carbons (Fsp3) is 0.667. The fourth-order valence-corrected chi connectivity index (χ4v) is 5.78. The van der Waals surface area contributed by atoms with E-state index in [1.165, 1.54) is 12.0 Å². The van der Waals surface area contributed by atoms with Gasteiger partial charge in [-0.05, 0) is 30.2 Å². The molecule has 2 bridgehead atoms. The molecule has 2 saturated heterocycles. The summed E-state index contributed by atoms with van der Waals surface area (Å²) >= 11 is 0. The van der Waals surface area contributed by atoms with Crippen molar-refractivity contribution >= 4 is 10.0 Å². The van der Waals surface area contributed by atoms with E-state index in [1.54, 1.807) is 4.31 Å². The van der Waals surface area contributed by atoms with Gasteiger partial charge in [-0.25, -0.2) is 12.7 Å². The van der Waals surface area contributed by atoms with E-state index in [-0.39, 0.29) is 0 Å². The Morgan fingerprint density at radius 2 is 1.70 bits per heavy atom.